The summed E-state index contributed by atoms with van der Waals surface area (Å²) in [5.74, 6) is 0.387. The minimum Gasteiger partial charge on any atom is -0.381 e. The molecule has 0 aliphatic heterocycles. The van der Waals surface area contributed by atoms with Gasteiger partial charge in [0.1, 0.15) is 0 Å². The monoisotopic (exact) mass is 137 g/mol. The van der Waals surface area contributed by atoms with Crippen LogP contribution in [0.3, 0.4) is 0 Å². The molecule has 0 aliphatic carbocycles. The number of nitrogen functional groups attached to an aromatic ring is 1. The van der Waals surface area contributed by atoms with Gasteiger partial charge in [-0.15, -0.1) is 5.10 Å². The summed E-state index contributed by atoms with van der Waals surface area (Å²) in [6, 6.07) is 1.98. The zero-order chi connectivity index (χ0) is 7.40. The number of nitrogens with zero attached hydrogens (tertiary/aromatic N) is 4. The molecule has 0 saturated carbocycles. The van der Waals surface area contributed by atoms with E-state index in [4.69, 9.17) is 11.0 Å². The van der Waals surface area contributed by atoms with E-state index in [1.807, 2.05) is 6.07 Å². The molecule has 0 bridgehead atoms. The molecule has 1 aromatic rings. The first-order valence-corrected chi connectivity index (χ1v) is 2.85. The Labute approximate surface area is 58.1 Å². The maximum absolute atomic E-state index is 8.18. The standard InChI is InChI=1S/C5H7N5/c6-2-1-3-10-8-4-5(7)9-10/h4H,1,3H2,(H2,7,9). The van der Waals surface area contributed by atoms with Crippen molar-refractivity contribution in [3.63, 3.8) is 0 Å². The van der Waals surface area contributed by atoms with Gasteiger partial charge in [-0.25, -0.2) is 0 Å². The number of aromatic nitrogens is 3. The number of aryl methyl sites for hydroxylation is 1. The molecule has 1 rings (SSSR count). The minimum absolute atomic E-state index is 0.387. The molecule has 1 heterocycles. The fraction of sp³-hybridized carbons (Fsp3) is 0.400. The summed E-state index contributed by atoms with van der Waals surface area (Å²) < 4.78 is 0. The van der Waals surface area contributed by atoms with E-state index < -0.39 is 0 Å². The number of anilines is 1. The first-order valence-electron chi connectivity index (χ1n) is 2.85. The van der Waals surface area contributed by atoms with Crippen LogP contribution < -0.4 is 5.73 Å². The summed E-state index contributed by atoms with van der Waals surface area (Å²) in [6.45, 7) is 0.508. The summed E-state index contributed by atoms with van der Waals surface area (Å²) in [6.07, 6.45) is 1.87. The fourth-order valence-electron chi connectivity index (χ4n) is 0.568. The average Bonchev–Trinajstić information content (AvgIpc) is 2.31. The number of rotatable bonds is 2. The predicted octanol–water partition coefficient (Wildman–Crippen LogP) is -0.226. The highest BCUT2D eigenvalue weighted by Gasteiger charge is 1.93. The molecule has 1 aromatic heterocycles. The van der Waals surface area contributed by atoms with Gasteiger partial charge in [0.25, 0.3) is 0 Å². The van der Waals surface area contributed by atoms with Crippen molar-refractivity contribution in [1.82, 2.24) is 15.0 Å². The van der Waals surface area contributed by atoms with Gasteiger partial charge < -0.3 is 5.73 Å². The molecule has 0 aliphatic rings. The Hall–Kier alpha value is -1.57. The Morgan fingerprint density at radius 3 is 3.10 bits per heavy atom. The topological polar surface area (TPSA) is 80.5 Å². The molecule has 5 heteroatoms. The van der Waals surface area contributed by atoms with Crippen LogP contribution in [-0.2, 0) is 6.54 Å². The molecule has 2 N–H and O–H groups in total. The summed E-state index contributed by atoms with van der Waals surface area (Å²) in [5, 5.41) is 15.7. The van der Waals surface area contributed by atoms with Crippen LogP contribution in [0.4, 0.5) is 5.82 Å². The zero-order valence-corrected chi connectivity index (χ0v) is 5.36. The second kappa shape index (κ2) is 2.82. The molecule has 10 heavy (non-hydrogen) atoms. The molecular weight excluding hydrogens is 130 g/mol. The second-order valence-electron chi connectivity index (χ2n) is 1.77. The maximum atomic E-state index is 8.18. The van der Waals surface area contributed by atoms with Gasteiger partial charge in [-0.3, -0.25) is 0 Å². The SMILES string of the molecule is N#CCCn1ncc(N)n1. The van der Waals surface area contributed by atoms with Crippen LogP contribution >= 0.6 is 0 Å². The summed E-state index contributed by atoms with van der Waals surface area (Å²) in [4.78, 5) is 1.40. The number of hydrogen-bond acceptors (Lipinski definition) is 4. The van der Waals surface area contributed by atoms with Crippen LogP contribution in [0.1, 0.15) is 6.42 Å². The van der Waals surface area contributed by atoms with Gasteiger partial charge in [0.15, 0.2) is 5.82 Å². The first-order chi connectivity index (χ1) is 4.83. The van der Waals surface area contributed by atoms with Crippen LogP contribution in [0.25, 0.3) is 0 Å². The molecule has 0 radical (unpaired) electrons. The fourth-order valence-corrected chi connectivity index (χ4v) is 0.568. The lowest BCUT2D eigenvalue weighted by Gasteiger charge is -1.89. The van der Waals surface area contributed by atoms with Crippen molar-refractivity contribution in [3.8, 4) is 6.07 Å². The van der Waals surface area contributed by atoms with E-state index >= 15 is 0 Å². The highest BCUT2D eigenvalue weighted by Crippen LogP contribution is 1.91. The Bertz CT molecular complexity index is 245. The van der Waals surface area contributed by atoms with E-state index in [2.05, 4.69) is 10.2 Å². The largest absolute Gasteiger partial charge is 0.381 e. The van der Waals surface area contributed by atoms with Crippen LogP contribution in [0.5, 0.6) is 0 Å². The van der Waals surface area contributed by atoms with E-state index in [1.54, 1.807) is 0 Å². The van der Waals surface area contributed by atoms with E-state index in [9.17, 15) is 0 Å². The summed E-state index contributed by atoms with van der Waals surface area (Å²) >= 11 is 0. The quantitative estimate of drug-likeness (QED) is 0.610. The van der Waals surface area contributed by atoms with Crippen molar-refractivity contribution in [2.45, 2.75) is 13.0 Å². The van der Waals surface area contributed by atoms with Crippen molar-refractivity contribution in [3.05, 3.63) is 6.20 Å². The Morgan fingerprint density at radius 2 is 2.60 bits per heavy atom. The lowest BCUT2D eigenvalue weighted by molar-refractivity contribution is 0.548. The Balaban J connectivity index is 2.52. The van der Waals surface area contributed by atoms with Gasteiger partial charge in [-0.2, -0.15) is 15.2 Å². The van der Waals surface area contributed by atoms with Crippen LogP contribution in [0.2, 0.25) is 0 Å². The van der Waals surface area contributed by atoms with Gasteiger partial charge in [0.2, 0.25) is 0 Å². The third-order valence-corrected chi connectivity index (χ3v) is 0.978. The molecule has 0 atom stereocenters. The predicted molar refractivity (Wildman–Crippen MR) is 34.7 cm³/mol. The normalized spacial score (nSPS) is 9.10. The molecular formula is C5H7N5. The smallest absolute Gasteiger partial charge is 0.165 e. The Morgan fingerprint density at radius 1 is 1.80 bits per heavy atom. The summed E-state index contributed by atoms with van der Waals surface area (Å²) in [7, 11) is 0. The van der Waals surface area contributed by atoms with Crippen LogP contribution in [0, 0.1) is 11.3 Å². The molecule has 0 unspecified atom stereocenters. The third kappa shape index (κ3) is 1.45. The van der Waals surface area contributed by atoms with Crippen molar-refractivity contribution in [2.24, 2.45) is 0 Å². The van der Waals surface area contributed by atoms with Gasteiger partial charge >= 0.3 is 0 Å². The Kier molecular flexibility index (Phi) is 1.85. The van der Waals surface area contributed by atoms with Crippen molar-refractivity contribution in [2.75, 3.05) is 5.73 Å². The van der Waals surface area contributed by atoms with E-state index in [1.165, 1.54) is 11.0 Å². The highest BCUT2D eigenvalue weighted by atomic mass is 15.5. The zero-order valence-electron chi connectivity index (χ0n) is 5.36. The number of hydrogen-bond donors (Lipinski definition) is 1. The number of nitriles is 1. The van der Waals surface area contributed by atoms with Crippen molar-refractivity contribution < 1.29 is 0 Å². The number of nitrogens with two attached hydrogens (primary N) is 1. The lowest BCUT2D eigenvalue weighted by Crippen LogP contribution is -2.01. The van der Waals surface area contributed by atoms with Gasteiger partial charge in [0.05, 0.1) is 25.2 Å². The van der Waals surface area contributed by atoms with Gasteiger partial charge in [0, 0.05) is 0 Å². The van der Waals surface area contributed by atoms with Crippen LogP contribution in [0.15, 0.2) is 6.20 Å². The molecule has 0 saturated heterocycles. The minimum atomic E-state index is 0.387. The van der Waals surface area contributed by atoms with E-state index in [0.29, 0.717) is 18.8 Å². The molecule has 0 fully saturated rings. The van der Waals surface area contributed by atoms with Crippen molar-refractivity contribution >= 4 is 5.82 Å². The van der Waals surface area contributed by atoms with Gasteiger partial charge in [-0.1, -0.05) is 0 Å². The van der Waals surface area contributed by atoms with Gasteiger partial charge in [-0.05, 0) is 0 Å². The average molecular weight is 137 g/mol. The van der Waals surface area contributed by atoms with E-state index in [-0.39, 0.29) is 0 Å². The second-order valence-corrected chi connectivity index (χ2v) is 1.77. The van der Waals surface area contributed by atoms with Crippen LogP contribution in [-0.4, -0.2) is 15.0 Å². The summed E-state index contributed by atoms with van der Waals surface area (Å²) in [5.41, 5.74) is 5.27. The maximum Gasteiger partial charge on any atom is 0.165 e. The third-order valence-electron chi connectivity index (χ3n) is 0.978. The molecule has 52 valence electrons. The molecule has 5 nitrogen and oxygen atoms in total. The molecule has 0 spiro atoms. The molecule has 0 aromatic carbocycles. The highest BCUT2D eigenvalue weighted by molar-refractivity contribution is 5.19. The first kappa shape index (κ1) is 6.55. The molecule has 0 amide bonds. The van der Waals surface area contributed by atoms with E-state index in [0.717, 1.165) is 0 Å². The van der Waals surface area contributed by atoms with Crippen molar-refractivity contribution in [1.29, 1.82) is 5.26 Å². The lowest BCUT2D eigenvalue weighted by atomic mass is 10.5.